The van der Waals surface area contributed by atoms with Gasteiger partial charge in [-0.25, -0.2) is 4.98 Å². The first-order valence-corrected chi connectivity index (χ1v) is 8.33. The molecule has 3 heterocycles. The van der Waals surface area contributed by atoms with Gasteiger partial charge in [0.2, 0.25) is 0 Å². The van der Waals surface area contributed by atoms with Crippen LogP contribution in [-0.2, 0) is 9.31 Å². The maximum Gasteiger partial charge on any atom is 0.494 e. The van der Waals surface area contributed by atoms with Crippen molar-refractivity contribution in [2.75, 3.05) is 5.73 Å². The Bertz CT molecular complexity index is 918. The van der Waals surface area contributed by atoms with E-state index >= 15 is 0 Å². The fourth-order valence-corrected chi connectivity index (χ4v) is 2.85. The largest absolute Gasteiger partial charge is 0.494 e. The number of nitrogens with two attached hydrogens (primary N) is 1. The van der Waals surface area contributed by atoms with Crippen molar-refractivity contribution in [1.82, 2.24) is 14.6 Å². The van der Waals surface area contributed by atoms with Crippen molar-refractivity contribution in [3.8, 4) is 11.3 Å². The molecule has 1 fully saturated rings. The third-order valence-electron chi connectivity index (χ3n) is 5.12. The Labute approximate surface area is 147 Å². The van der Waals surface area contributed by atoms with Crippen LogP contribution in [-0.4, -0.2) is 32.9 Å². The highest BCUT2D eigenvalue weighted by Gasteiger charge is 2.51. The van der Waals surface area contributed by atoms with Gasteiger partial charge < -0.3 is 15.0 Å². The van der Waals surface area contributed by atoms with Crippen molar-refractivity contribution >= 4 is 24.0 Å². The van der Waals surface area contributed by atoms with Gasteiger partial charge in [-0.2, -0.15) is 9.61 Å². The number of fused-ring (bicyclic) bond motifs is 1. The van der Waals surface area contributed by atoms with Crippen LogP contribution in [0.3, 0.4) is 0 Å². The van der Waals surface area contributed by atoms with Crippen LogP contribution < -0.4 is 11.2 Å². The fraction of sp³-hybridized carbons (Fsp3) is 0.333. The number of anilines is 1. The van der Waals surface area contributed by atoms with Gasteiger partial charge in [-0.1, -0.05) is 24.3 Å². The Morgan fingerprint density at radius 1 is 1.00 bits per heavy atom. The molecule has 0 spiro atoms. The van der Waals surface area contributed by atoms with Crippen LogP contribution in [0.5, 0.6) is 0 Å². The average Bonchev–Trinajstić information content (AvgIpc) is 3.07. The summed E-state index contributed by atoms with van der Waals surface area (Å²) in [5, 5.41) is 4.52. The molecular weight excluding hydrogens is 315 g/mol. The predicted octanol–water partition coefficient (Wildman–Crippen LogP) is 2.28. The molecule has 2 aromatic heterocycles. The number of rotatable bonds is 2. The van der Waals surface area contributed by atoms with E-state index in [0.29, 0.717) is 5.82 Å². The van der Waals surface area contributed by atoms with Crippen molar-refractivity contribution in [3.05, 3.63) is 42.6 Å². The third kappa shape index (κ3) is 2.60. The Morgan fingerprint density at radius 3 is 2.24 bits per heavy atom. The summed E-state index contributed by atoms with van der Waals surface area (Å²) >= 11 is 0. The van der Waals surface area contributed by atoms with E-state index in [1.165, 1.54) is 0 Å². The highest BCUT2D eigenvalue weighted by atomic mass is 16.7. The zero-order valence-electron chi connectivity index (χ0n) is 14.9. The van der Waals surface area contributed by atoms with Crippen molar-refractivity contribution in [1.29, 1.82) is 0 Å². The molecule has 0 saturated carbocycles. The summed E-state index contributed by atoms with van der Waals surface area (Å²) in [6.45, 7) is 8.20. The smallest absolute Gasteiger partial charge is 0.399 e. The van der Waals surface area contributed by atoms with Gasteiger partial charge in [-0.15, -0.1) is 0 Å². The van der Waals surface area contributed by atoms with Gasteiger partial charge in [0.25, 0.3) is 0 Å². The third-order valence-corrected chi connectivity index (χ3v) is 5.12. The van der Waals surface area contributed by atoms with Gasteiger partial charge in [-0.05, 0) is 39.2 Å². The molecule has 0 bridgehead atoms. The van der Waals surface area contributed by atoms with Gasteiger partial charge in [0, 0.05) is 17.8 Å². The summed E-state index contributed by atoms with van der Waals surface area (Å²) in [5.41, 5.74) is 8.77. The van der Waals surface area contributed by atoms with Gasteiger partial charge in [0.1, 0.15) is 5.82 Å². The SMILES string of the molecule is CC1(C)OB(c2ccc(-c3cc4nccc(N)n4n3)cc2)OC1(C)C. The molecule has 7 heteroatoms. The van der Waals surface area contributed by atoms with E-state index in [-0.39, 0.29) is 18.3 Å². The molecule has 2 N–H and O–H groups in total. The average molecular weight is 336 g/mol. The van der Waals surface area contributed by atoms with E-state index in [1.807, 2.05) is 30.3 Å². The molecule has 4 rings (SSSR count). The quantitative estimate of drug-likeness (QED) is 0.727. The molecule has 0 unspecified atom stereocenters. The summed E-state index contributed by atoms with van der Waals surface area (Å²) < 4.78 is 13.8. The standard InChI is InChI=1S/C18H21BN4O2/c1-17(2)18(3,4)25-19(24-17)13-7-5-12(6-8-13)14-11-16-21-10-9-15(20)23(16)22-14/h5-11H,20H2,1-4H3. The lowest BCUT2D eigenvalue weighted by Crippen LogP contribution is -2.41. The second-order valence-electron chi connectivity index (χ2n) is 7.38. The zero-order valence-corrected chi connectivity index (χ0v) is 14.9. The van der Waals surface area contributed by atoms with Gasteiger partial charge in [0.05, 0.1) is 16.9 Å². The van der Waals surface area contributed by atoms with Crippen LogP contribution in [0.2, 0.25) is 0 Å². The lowest BCUT2D eigenvalue weighted by Gasteiger charge is -2.32. The maximum atomic E-state index is 6.09. The number of nitrogen functional groups attached to an aromatic ring is 1. The van der Waals surface area contributed by atoms with Crippen molar-refractivity contribution in [2.24, 2.45) is 0 Å². The number of hydrogen-bond acceptors (Lipinski definition) is 5. The van der Waals surface area contributed by atoms with Crippen LogP contribution in [0.25, 0.3) is 16.9 Å². The highest BCUT2D eigenvalue weighted by Crippen LogP contribution is 2.36. The monoisotopic (exact) mass is 336 g/mol. The second kappa shape index (κ2) is 5.31. The van der Waals surface area contributed by atoms with Crippen LogP contribution in [0.1, 0.15) is 27.7 Å². The van der Waals surface area contributed by atoms with Crippen LogP contribution in [0, 0.1) is 0 Å². The number of nitrogens with zero attached hydrogens (tertiary/aromatic N) is 3. The lowest BCUT2D eigenvalue weighted by atomic mass is 9.79. The Balaban J connectivity index is 1.63. The van der Waals surface area contributed by atoms with Gasteiger partial charge in [-0.3, -0.25) is 0 Å². The number of benzene rings is 1. The van der Waals surface area contributed by atoms with Crippen molar-refractivity contribution in [2.45, 2.75) is 38.9 Å². The fourth-order valence-electron chi connectivity index (χ4n) is 2.85. The lowest BCUT2D eigenvalue weighted by molar-refractivity contribution is 0.00578. The van der Waals surface area contributed by atoms with E-state index in [9.17, 15) is 0 Å². The predicted molar refractivity (Wildman–Crippen MR) is 98.6 cm³/mol. The molecule has 25 heavy (non-hydrogen) atoms. The molecular formula is C18H21BN4O2. The molecule has 0 radical (unpaired) electrons. The van der Waals surface area contributed by atoms with Crippen LogP contribution in [0.15, 0.2) is 42.6 Å². The minimum atomic E-state index is -0.363. The van der Waals surface area contributed by atoms with E-state index in [4.69, 9.17) is 15.0 Å². The number of aromatic nitrogens is 3. The summed E-state index contributed by atoms with van der Waals surface area (Å²) in [7, 11) is -0.363. The molecule has 128 valence electrons. The Kier molecular flexibility index (Phi) is 3.42. The zero-order chi connectivity index (χ0) is 17.8. The summed E-state index contributed by atoms with van der Waals surface area (Å²) in [6, 6.07) is 11.7. The van der Waals surface area contributed by atoms with Gasteiger partial charge >= 0.3 is 7.12 Å². The Morgan fingerprint density at radius 2 is 1.64 bits per heavy atom. The second-order valence-corrected chi connectivity index (χ2v) is 7.38. The molecule has 1 saturated heterocycles. The van der Waals surface area contributed by atoms with E-state index in [2.05, 4.69) is 37.8 Å². The molecule has 0 amide bonds. The first-order valence-electron chi connectivity index (χ1n) is 8.33. The molecule has 1 aromatic carbocycles. The summed E-state index contributed by atoms with van der Waals surface area (Å²) in [4.78, 5) is 4.28. The maximum absolute atomic E-state index is 6.09. The highest BCUT2D eigenvalue weighted by molar-refractivity contribution is 6.62. The minimum absolute atomic E-state index is 0.346. The molecule has 1 aliphatic heterocycles. The summed E-state index contributed by atoms with van der Waals surface area (Å²) in [6.07, 6.45) is 1.68. The minimum Gasteiger partial charge on any atom is -0.399 e. The van der Waals surface area contributed by atoms with Crippen molar-refractivity contribution < 1.29 is 9.31 Å². The molecule has 3 aromatic rings. The van der Waals surface area contributed by atoms with E-state index in [0.717, 1.165) is 22.4 Å². The first kappa shape index (κ1) is 16.1. The Hall–Kier alpha value is -2.38. The van der Waals surface area contributed by atoms with Crippen LogP contribution in [0.4, 0.5) is 5.82 Å². The molecule has 1 aliphatic rings. The molecule has 6 nitrogen and oxygen atoms in total. The molecule has 0 aliphatic carbocycles. The van der Waals surface area contributed by atoms with Crippen molar-refractivity contribution in [3.63, 3.8) is 0 Å². The molecule has 0 atom stereocenters. The van der Waals surface area contributed by atoms with E-state index in [1.54, 1.807) is 16.8 Å². The normalized spacial score (nSPS) is 18.8. The number of hydrogen-bond donors (Lipinski definition) is 1. The van der Waals surface area contributed by atoms with Crippen LogP contribution >= 0.6 is 0 Å². The summed E-state index contributed by atoms with van der Waals surface area (Å²) in [5.74, 6) is 0.560. The topological polar surface area (TPSA) is 74.7 Å². The van der Waals surface area contributed by atoms with E-state index < -0.39 is 0 Å². The van der Waals surface area contributed by atoms with Gasteiger partial charge in [0.15, 0.2) is 5.65 Å². The first-order chi connectivity index (χ1) is 11.8.